The lowest BCUT2D eigenvalue weighted by Crippen LogP contribution is -2.38. The van der Waals surface area contributed by atoms with Gasteiger partial charge < -0.3 is 10.1 Å². The van der Waals surface area contributed by atoms with Crippen LogP contribution < -0.4 is 5.32 Å². The molecule has 13 heavy (non-hydrogen) atoms. The van der Waals surface area contributed by atoms with Gasteiger partial charge in [0.05, 0.1) is 6.61 Å². The van der Waals surface area contributed by atoms with Crippen LogP contribution in [0.5, 0.6) is 0 Å². The number of hydrogen-bond donors (Lipinski definition) is 1. The fourth-order valence-electron chi connectivity index (χ4n) is 1.94. The third-order valence-electron chi connectivity index (χ3n) is 2.77. The molecule has 1 rings (SSSR count). The second-order valence-electron chi connectivity index (χ2n) is 3.65. The van der Waals surface area contributed by atoms with E-state index < -0.39 is 0 Å². The molecule has 0 aromatic heterocycles. The van der Waals surface area contributed by atoms with Crippen LogP contribution in [0.15, 0.2) is 0 Å². The Morgan fingerprint density at radius 3 is 3.00 bits per heavy atom. The average molecular weight is 203 g/mol. The molecule has 1 fully saturated rings. The van der Waals surface area contributed by atoms with Crippen molar-refractivity contribution < 1.29 is 4.74 Å². The number of ether oxygens (including phenoxy) is 1. The van der Waals surface area contributed by atoms with Crippen LogP contribution >= 0.6 is 11.8 Å². The van der Waals surface area contributed by atoms with Crippen molar-refractivity contribution in [1.82, 2.24) is 5.32 Å². The summed E-state index contributed by atoms with van der Waals surface area (Å²) in [6.07, 6.45) is 6.01. The van der Waals surface area contributed by atoms with Crippen molar-refractivity contribution in [3.63, 3.8) is 0 Å². The maximum atomic E-state index is 5.50. The van der Waals surface area contributed by atoms with Crippen LogP contribution in [0.3, 0.4) is 0 Å². The van der Waals surface area contributed by atoms with E-state index in [9.17, 15) is 0 Å². The van der Waals surface area contributed by atoms with E-state index >= 15 is 0 Å². The first-order valence-electron chi connectivity index (χ1n) is 5.12. The molecule has 2 atom stereocenters. The van der Waals surface area contributed by atoms with Crippen LogP contribution in [-0.2, 0) is 4.74 Å². The van der Waals surface area contributed by atoms with Gasteiger partial charge in [0.25, 0.3) is 0 Å². The summed E-state index contributed by atoms with van der Waals surface area (Å²) in [5, 5.41) is 3.41. The Kier molecular flexibility index (Phi) is 5.83. The lowest BCUT2D eigenvalue weighted by Gasteiger charge is -2.29. The molecule has 0 aliphatic carbocycles. The van der Waals surface area contributed by atoms with Gasteiger partial charge in [-0.05, 0) is 44.2 Å². The van der Waals surface area contributed by atoms with Gasteiger partial charge in [0.15, 0.2) is 0 Å². The van der Waals surface area contributed by atoms with Crippen molar-refractivity contribution in [2.75, 3.05) is 32.3 Å². The number of hydrogen-bond acceptors (Lipinski definition) is 3. The quantitative estimate of drug-likeness (QED) is 0.735. The largest absolute Gasteiger partial charge is 0.381 e. The molecule has 1 heterocycles. The summed E-state index contributed by atoms with van der Waals surface area (Å²) >= 11 is 1.93. The van der Waals surface area contributed by atoms with Crippen molar-refractivity contribution in [2.45, 2.75) is 25.3 Å². The first kappa shape index (κ1) is 11.3. The second kappa shape index (κ2) is 6.68. The summed E-state index contributed by atoms with van der Waals surface area (Å²) in [6.45, 7) is 1.93. The minimum absolute atomic E-state index is 0.660. The molecule has 78 valence electrons. The SMILES string of the molecule is CNC(CCSC)C1CCCOC1. The van der Waals surface area contributed by atoms with E-state index in [0.29, 0.717) is 6.04 Å². The van der Waals surface area contributed by atoms with Crippen molar-refractivity contribution in [3.8, 4) is 0 Å². The average Bonchev–Trinajstić information content (AvgIpc) is 2.21. The van der Waals surface area contributed by atoms with Gasteiger partial charge in [-0.3, -0.25) is 0 Å². The van der Waals surface area contributed by atoms with E-state index in [-0.39, 0.29) is 0 Å². The van der Waals surface area contributed by atoms with E-state index in [1.807, 2.05) is 11.8 Å². The van der Waals surface area contributed by atoms with Gasteiger partial charge in [-0.1, -0.05) is 0 Å². The molecule has 1 aliphatic heterocycles. The molecule has 0 aromatic rings. The third kappa shape index (κ3) is 3.88. The molecule has 2 nitrogen and oxygen atoms in total. The molecule has 0 aromatic carbocycles. The Balaban J connectivity index is 2.26. The summed E-state index contributed by atoms with van der Waals surface area (Å²) in [6, 6.07) is 0.660. The highest BCUT2D eigenvalue weighted by atomic mass is 32.2. The highest BCUT2D eigenvalue weighted by Gasteiger charge is 2.22. The molecule has 0 radical (unpaired) electrons. The zero-order chi connectivity index (χ0) is 9.52. The van der Waals surface area contributed by atoms with Gasteiger partial charge in [-0.2, -0.15) is 11.8 Å². The summed E-state index contributed by atoms with van der Waals surface area (Å²) in [5.74, 6) is 1.99. The summed E-state index contributed by atoms with van der Waals surface area (Å²) in [5.41, 5.74) is 0. The van der Waals surface area contributed by atoms with Gasteiger partial charge in [-0.25, -0.2) is 0 Å². The summed E-state index contributed by atoms with van der Waals surface area (Å²) in [7, 11) is 2.07. The Bertz CT molecular complexity index is 126. The van der Waals surface area contributed by atoms with Gasteiger partial charge in [0, 0.05) is 12.6 Å². The molecule has 3 heteroatoms. The van der Waals surface area contributed by atoms with Crippen LogP contribution in [-0.4, -0.2) is 38.3 Å². The Labute approximate surface area is 85.8 Å². The van der Waals surface area contributed by atoms with Gasteiger partial charge in [0.1, 0.15) is 0 Å². The Morgan fingerprint density at radius 2 is 2.46 bits per heavy atom. The smallest absolute Gasteiger partial charge is 0.0509 e. The van der Waals surface area contributed by atoms with Crippen LogP contribution in [0.2, 0.25) is 0 Å². The van der Waals surface area contributed by atoms with Crippen LogP contribution in [0, 0.1) is 5.92 Å². The first-order valence-corrected chi connectivity index (χ1v) is 6.51. The minimum Gasteiger partial charge on any atom is -0.381 e. The molecule has 0 saturated carbocycles. The first-order chi connectivity index (χ1) is 6.38. The fraction of sp³-hybridized carbons (Fsp3) is 1.00. The van der Waals surface area contributed by atoms with E-state index in [1.165, 1.54) is 25.0 Å². The van der Waals surface area contributed by atoms with Gasteiger partial charge in [-0.15, -0.1) is 0 Å². The highest BCUT2D eigenvalue weighted by Crippen LogP contribution is 2.20. The fourth-order valence-corrected chi connectivity index (χ4v) is 2.43. The third-order valence-corrected chi connectivity index (χ3v) is 3.41. The molecule has 0 bridgehead atoms. The van der Waals surface area contributed by atoms with E-state index in [1.54, 1.807) is 0 Å². The zero-order valence-corrected chi connectivity index (χ0v) is 9.53. The summed E-state index contributed by atoms with van der Waals surface area (Å²) in [4.78, 5) is 0. The van der Waals surface area contributed by atoms with Crippen molar-refractivity contribution >= 4 is 11.8 Å². The maximum Gasteiger partial charge on any atom is 0.0509 e. The molecule has 0 spiro atoms. The van der Waals surface area contributed by atoms with E-state index in [2.05, 4.69) is 18.6 Å². The monoisotopic (exact) mass is 203 g/mol. The Morgan fingerprint density at radius 1 is 1.62 bits per heavy atom. The normalized spacial score (nSPS) is 25.8. The molecule has 2 unspecified atom stereocenters. The number of nitrogens with one attached hydrogen (secondary N) is 1. The van der Waals surface area contributed by atoms with Gasteiger partial charge in [0.2, 0.25) is 0 Å². The predicted molar refractivity (Wildman–Crippen MR) is 59.4 cm³/mol. The highest BCUT2D eigenvalue weighted by molar-refractivity contribution is 7.98. The lowest BCUT2D eigenvalue weighted by molar-refractivity contribution is 0.0400. The standard InChI is InChI=1S/C10H21NOS/c1-11-10(5-7-13-2)9-4-3-6-12-8-9/h9-11H,3-8H2,1-2H3. The van der Waals surface area contributed by atoms with E-state index in [0.717, 1.165) is 19.1 Å². The predicted octanol–water partition coefficient (Wildman–Crippen LogP) is 1.75. The van der Waals surface area contributed by atoms with Crippen LogP contribution in [0.1, 0.15) is 19.3 Å². The number of thioether (sulfide) groups is 1. The zero-order valence-electron chi connectivity index (χ0n) is 8.71. The number of rotatable bonds is 5. The van der Waals surface area contributed by atoms with E-state index in [4.69, 9.17) is 4.74 Å². The lowest BCUT2D eigenvalue weighted by atomic mass is 9.92. The second-order valence-corrected chi connectivity index (χ2v) is 4.64. The molecule has 0 amide bonds. The molecular formula is C10H21NOS. The molecule has 1 aliphatic rings. The molecular weight excluding hydrogens is 182 g/mol. The van der Waals surface area contributed by atoms with Crippen molar-refractivity contribution in [1.29, 1.82) is 0 Å². The van der Waals surface area contributed by atoms with Crippen LogP contribution in [0.4, 0.5) is 0 Å². The topological polar surface area (TPSA) is 21.3 Å². The maximum absolute atomic E-state index is 5.50. The minimum atomic E-state index is 0.660. The molecule has 1 saturated heterocycles. The Hall–Kier alpha value is 0.270. The van der Waals surface area contributed by atoms with Gasteiger partial charge >= 0.3 is 0 Å². The van der Waals surface area contributed by atoms with Crippen LogP contribution in [0.25, 0.3) is 0 Å². The summed E-state index contributed by atoms with van der Waals surface area (Å²) < 4.78 is 5.50. The van der Waals surface area contributed by atoms with Crippen molar-refractivity contribution in [2.24, 2.45) is 5.92 Å². The molecule has 1 N–H and O–H groups in total. The van der Waals surface area contributed by atoms with Crippen molar-refractivity contribution in [3.05, 3.63) is 0 Å².